The van der Waals surface area contributed by atoms with E-state index in [1.54, 1.807) is 0 Å². The molecule has 0 saturated heterocycles. The topological polar surface area (TPSA) is 119 Å². The van der Waals surface area contributed by atoms with Crippen molar-refractivity contribution in [1.82, 2.24) is 0 Å². The fraction of sp³-hybridized carbons (Fsp3) is 0.742. The van der Waals surface area contributed by atoms with E-state index in [-0.39, 0.29) is 19.4 Å². The van der Waals surface area contributed by atoms with E-state index in [9.17, 15) is 14.2 Å². The number of hydrogen-bond donors (Lipinski definition) is 2. The van der Waals surface area contributed by atoms with E-state index in [2.05, 4.69) is 36.6 Å². The second-order valence-electron chi connectivity index (χ2n) is 10.1. The first-order valence-corrected chi connectivity index (χ1v) is 16.8. The smallest absolute Gasteiger partial charge is 0.462 e. The molecule has 40 heavy (non-hydrogen) atoms. The van der Waals surface area contributed by atoms with Crippen LogP contribution in [-0.2, 0) is 28.2 Å². The summed E-state index contributed by atoms with van der Waals surface area (Å²) in [6.45, 7) is 3.47. The van der Waals surface area contributed by atoms with Crippen LogP contribution in [0.1, 0.15) is 129 Å². The largest absolute Gasteiger partial charge is 0.469 e. The van der Waals surface area contributed by atoms with Crippen molar-refractivity contribution in [3.63, 3.8) is 0 Å². The minimum atomic E-state index is -4.74. The Balaban J connectivity index is 4.11. The van der Waals surface area contributed by atoms with Crippen LogP contribution >= 0.6 is 7.82 Å². The molecule has 0 aliphatic carbocycles. The fourth-order valence-electron chi connectivity index (χ4n) is 3.96. The number of carbonyl (C=O) groups is 2. The maximum absolute atomic E-state index is 12.2. The van der Waals surface area contributed by atoms with E-state index in [0.717, 1.165) is 57.8 Å². The van der Waals surface area contributed by atoms with Gasteiger partial charge >= 0.3 is 19.8 Å². The molecule has 1 unspecified atom stereocenters. The van der Waals surface area contributed by atoms with Crippen molar-refractivity contribution in [3.8, 4) is 0 Å². The Labute approximate surface area is 242 Å². The number of allylic oxidation sites excluding steroid dienone is 6. The van der Waals surface area contributed by atoms with Crippen molar-refractivity contribution < 1.29 is 37.9 Å². The van der Waals surface area contributed by atoms with Crippen LogP contribution in [0.15, 0.2) is 36.5 Å². The van der Waals surface area contributed by atoms with Crippen molar-refractivity contribution in [2.45, 2.75) is 136 Å². The lowest BCUT2D eigenvalue weighted by Crippen LogP contribution is -2.29. The van der Waals surface area contributed by atoms with Crippen LogP contribution < -0.4 is 0 Å². The predicted molar refractivity (Wildman–Crippen MR) is 161 cm³/mol. The molecule has 232 valence electrons. The third-order valence-electron chi connectivity index (χ3n) is 6.23. The normalized spacial score (nSPS) is 13.0. The van der Waals surface area contributed by atoms with Gasteiger partial charge in [-0.1, -0.05) is 121 Å². The number of rotatable bonds is 27. The molecule has 0 saturated carbocycles. The highest BCUT2D eigenvalue weighted by Gasteiger charge is 2.22. The van der Waals surface area contributed by atoms with Crippen LogP contribution in [0.3, 0.4) is 0 Å². The highest BCUT2D eigenvalue weighted by Crippen LogP contribution is 2.35. The fourth-order valence-corrected chi connectivity index (χ4v) is 4.32. The summed E-state index contributed by atoms with van der Waals surface area (Å²) in [5.41, 5.74) is 0. The summed E-state index contributed by atoms with van der Waals surface area (Å²) in [7, 11) is -4.74. The number of phosphoric acid groups is 1. The van der Waals surface area contributed by atoms with Gasteiger partial charge in [-0.15, -0.1) is 0 Å². The third-order valence-corrected chi connectivity index (χ3v) is 6.72. The maximum atomic E-state index is 12.2. The van der Waals surface area contributed by atoms with Crippen molar-refractivity contribution in [1.29, 1.82) is 0 Å². The molecule has 0 aromatic rings. The zero-order valence-electron chi connectivity index (χ0n) is 25.0. The molecule has 0 bridgehead atoms. The molecule has 2 N–H and O–H groups in total. The summed E-state index contributed by atoms with van der Waals surface area (Å²) >= 11 is 0. The molecule has 9 heteroatoms. The lowest BCUT2D eigenvalue weighted by atomic mass is 10.1. The molecule has 8 nitrogen and oxygen atoms in total. The Morgan fingerprint density at radius 1 is 0.675 bits per heavy atom. The van der Waals surface area contributed by atoms with Gasteiger partial charge in [0, 0.05) is 12.8 Å². The number of hydrogen-bond acceptors (Lipinski definition) is 6. The van der Waals surface area contributed by atoms with Gasteiger partial charge in [-0.25, -0.2) is 4.57 Å². The van der Waals surface area contributed by atoms with Gasteiger partial charge in [0.2, 0.25) is 0 Å². The average molecular weight is 587 g/mol. The van der Waals surface area contributed by atoms with Gasteiger partial charge in [-0.2, -0.15) is 0 Å². The van der Waals surface area contributed by atoms with Gasteiger partial charge in [-0.05, 0) is 32.1 Å². The van der Waals surface area contributed by atoms with E-state index in [0.29, 0.717) is 6.42 Å². The second-order valence-corrected chi connectivity index (χ2v) is 11.4. The van der Waals surface area contributed by atoms with Crippen LogP contribution in [0, 0.1) is 0 Å². The summed E-state index contributed by atoms with van der Waals surface area (Å²) < 4.78 is 26.1. The minimum Gasteiger partial charge on any atom is -0.462 e. The van der Waals surface area contributed by atoms with Crippen LogP contribution in [0.25, 0.3) is 0 Å². The molecule has 0 aromatic carbocycles. The molecule has 0 amide bonds. The zero-order chi connectivity index (χ0) is 29.7. The Bertz CT molecular complexity index is 756. The SMILES string of the molecule is CC/C=C/C=C/C=C/CCCCCCCC(=O)OC(COC(=O)CCCCCCCCCCC)COP(=O)(O)O. The summed E-state index contributed by atoms with van der Waals surface area (Å²) in [4.78, 5) is 42.3. The molecule has 0 fully saturated rings. The summed E-state index contributed by atoms with van der Waals surface area (Å²) in [6, 6.07) is 0. The standard InChI is InChI=1S/C31H55O8P/c1-3-5-7-9-11-13-14-15-16-18-20-22-24-26-31(33)39-29(28-38-40(34,35)36)27-37-30(32)25-23-21-19-17-12-10-8-6-4-2/h5,7,9,11,13-14,29H,3-4,6,8,10,12,15-28H2,1-2H3,(H2,34,35,36)/b7-5+,11-9+,14-13+. The number of unbranched alkanes of at least 4 members (excludes halogenated alkanes) is 13. The van der Waals surface area contributed by atoms with E-state index in [1.807, 2.05) is 18.2 Å². The molecule has 0 heterocycles. The van der Waals surface area contributed by atoms with Crippen LogP contribution in [0.5, 0.6) is 0 Å². The molecule has 0 radical (unpaired) electrons. The van der Waals surface area contributed by atoms with E-state index < -0.39 is 32.5 Å². The predicted octanol–water partition coefficient (Wildman–Crippen LogP) is 8.28. The first kappa shape index (κ1) is 38.3. The first-order chi connectivity index (χ1) is 19.3. The quantitative estimate of drug-likeness (QED) is 0.0427. The lowest BCUT2D eigenvalue weighted by molar-refractivity contribution is -0.161. The van der Waals surface area contributed by atoms with E-state index in [4.69, 9.17) is 19.3 Å². The van der Waals surface area contributed by atoms with Gasteiger partial charge in [0.1, 0.15) is 6.61 Å². The van der Waals surface area contributed by atoms with Crippen LogP contribution in [0.2, 0.25) is 0 Å². The average Bonchev–Trinajstić information content (AvgIpc) is 2.91. The highest BCUT2D eigenvalue weighted by molar-refractivity contribution is 7.46. The van der Waals surface area contributed by atoms with Gasteiger partial charge in [0.15, 0.2) is 6.10 Å². The Hall–Kier alpha value is -1.73. The Kier molecular flexibility index (Phi) is 26.3. The van der Waals surface area contributed by atoms with Gasteiger partial charge in [-0.3, -0.25) is 14.1 Å². The molecule has 0 spiro atoms. The molecule has 0 aromatic heterocycles. The number of phosphoric ester groups is 1. The molecule has 0 aliphatic heterocycles. The van der Waals surface area contributed by atoms with Crippen LogP contribution in [-0.4, -0.2) is 41.0 Å². The summed E-state index contributed by atoms with van der Waals surface area (Å²) in [5, 5.41) is 0. The molecule has 1 atom stereocenters. The zero-order valence-corrected chi connectivity index (χ0v) is 25.9. The first-order valence-electron chi connectivity index (χ1n) is 15.3. The third kappa shape index (κ3) is 29.3. The molecule has 0 aliphatic rings. The van der Waals surface area contributed by atoms with Crippen molar-refractivity contribution in [3.05, 3.63) is 36.5 Å². The minimum absolute atomic E-state index is 0.189. The van der Waals surface area contributed by atoms with Gasteiger partial charge in [0.25, 0.3) is 0 Å². The highest BCUT2D eigenvalue weighted by atomic mass is 31.2. The monoisotopic (exact) mass is 586 g/mol. The van der Waals surface area contributed by atoms with Crippen molar-refractivity contribution in [2.75, 3.05) is 13.2 Å². The van der Waals surface area contributed by atoms with Crippen molar-refractivity contribution >= 4 is 19.8 Å². The Morgan fingerprint density at radius 2 is 1.20 bits per heavy atom. The second kappa shape index (κ2) is 27.4. The number of ether oxygens (including phenoxy) is 2. The van der Waals surface area contributed by atoms with Crippen LogP contribution in [0.4, 0.5) is 0 Å². The maximum Gasteiger partial charge on any atom is 0.469 e. The molecule has 0 rings (SSSR count). The van der Waals surface area contributed by atoms with Crippen molar-refractivity contribution in [2.24, 2.45) is 0 Å². The number of carbonyl (C=O) groups excluding carboxylic acids is 2. The lowest BCUT2D eigenvalue weighted by Gasteiger charge is -2.18. The number of esters is 2. The molecular weight excluding hydrogens is 531 g/mol. The Morgan fingerprint density at radius 3 is 1.77 bits per heavy atom. The van der Waals surface area contributed by atoms with E-state index >= 15 is 0 Å². The van der Waals surface area contributed by atoms with E-state index in [1.165, 1.54) is 38.5 Å². The van der Waals surface area contributed by atoms with Gasteiger partial charge < -0.3 is 19.3 Å². The molecular formula is C31H55O8P. The van der Waals surface area contributed by atoms with Gasteiger partial charge in [0.05, 0.1) is 6.61 Å². The summed E-state index contributed by atoms with van der Waals surface area (Å²) in [5.74, 6) is -0.916. The summed E-state index contributed by atoms with van der Waals surface area (Å²) in [6.07, 6.45) is 28.8.